The molecule has 7 heteroatoms. The van der Waals surface area contributed by atoms with E-state index in [1.165, 1.54) is 11.8 Å². The Kier molecular flexibility index (Phi) is 5.90. The molecule has 0 bridgehead atoms. The molecule has 136 valence electrons. The van der Waals surface area contributed by atoms with E-state index in [9.17, 15) is 5.11 Å². The van der Waals surface area contributed by atoms with Crippen molar-refractivity contribution in [3.05, 3.63) is 59.9 Å². The first-order valence-corrected chi connectivity index (χ1v) is 9.39. The molecule has 0 saturated heterocycles. The van der Waals surface area contributed by atoms with Crippen LogP contribution in [0.3, 0.4) is 0 Å². The number of fused-ring (bicyclic) bond motifs is 1. The highest BCUT2D eigenvalue weighted by molar-refractivity contribution is 7.99. The fourth-order valence-electron chi connectivity index (χ4n) is 2.58. The minimum Gasteiger partial charge on any atom is -0.491 e. The number of hydrogen-bond donors (Lipinski definition) is 1. The second-order valence-corrected chi connectivity index (χ2v) is 7.01. The molecule has 0 saturated carbocycles. The van der Waals surface area contributed by atoms with Crippen LogP contribution in [0.4, 0.5) is 0 Å². The van der Waals surface area contributed by atoms with Crippen molar-refractivity contribution >= 4 is 17.5 Å². The summed E-state index contributed by atoms with van der Waals surface area (Å²) in [5.74, 6) is 1.80. The number of ether oxygens (including phenoxy) is 1. The predicted octanol–water partition coefficient (Wildman–Crippen LogP) is 3.00. The first-order chi connectivity index (χ1) is 12.6. The molecule has 2 aromatic heterocycles. The lowest BCUT2D eigenvalue weighted by atomic mass is 10.1. The second kappa shape index (κ2) is 8.33. The Balaban J connectivity index is 1.57. The van der Waals surface area contributed by atoms with Gasteiger partial charge in [0.1, 0.15) is 12.4 Å². The number of aromatic nitrogens is 4. The molecular weight excluding hydrogens is 348 g/mol. The molecule has 0 radical (unpaired) electrons. The average molecular weight is 370 g/mol. The van der Waals surface area contributed by atoms with Gasteiger partial charge in [-0.3, -0.25) is 0 Å². The molecule has 26 heavy (non-hydrogen) atoms. The number of thioether (sulfide) groups is 1. The molecule has 0 amide bonds. The van der Waals surface area contributed by atoms with Gasteiger partial charge in [-0.05, 0) is 38.0 Å². The topological polar surface area (TPSA) is 72.5 Å². The number of aryl methyl sites for hydroxylation is 2. The lowest BCUT2D eigenvalue weighted by molar-refractivity contribution is 0.126. The molecule has 0 aliphatic carbocycles. The number of allylic oxidation sites excluding steroid dienone is 1. The Labute approximate surface area is 156 Å². The van der Waals surface area contributed by atoms with E-state index in [2.05, 4.69) is 21.6 Å². The fourth-order valence-corrected chi connectivity index (χ4v) is 3.31. The van der Waals surface area contributed by atoms with E-state index in [1.54, 1.807) is 4.52 Å². The molecule has 2 heterocycles. The molecule has 0 aliphatic heterocycles. The SMILES string of the molecule is C=CCc1ccccc1OCC(O)CSc1nc2nc(C)cc(C)n2n1. The minimum absolute atomic E-state index is 0.213. The monoisotopic (exact) mass is 370 g/mol. The number of benzene rings is 1. The highest BCUT2D eigenvalue weighted by atomic mass is 32.2. The molecule has 0 fully saturated rings. The van der Waals surface area contributed by atoms with Crippen LogP contribution in [0.5, 0.6) is 5.75 Å². The van der Waals surface area contributed by atoms with E-state index >= 15 is 0 Å². The van der Waals surface area contributed by atoms with E-state index in [1.807, 2.05) is 50.3 Å². The van der Waals surface area contributed by atoms with Crippen molar-refractivity contribution in [3.63, 3.8) is 0 Å². The van der Waals surface area contributed by atoms with Gasteiger partial charge in [0, 0.05) is 17.1 Å². The summed E-state index contributed by atoms with van der Waals surface area (Å²) in [5.41, 5.74) is 2.95. The predicted molar refractivity (Wildman–Crippen MR) is 103 cm³/mol. The zero-order valence-corrected chi connectivity index (χ0v) is 15.7. The molecule has 1 atom stereocenters. The third-order valence-electron chi connectivity index (χ3n) is 3.77. The molecule has 1 N–H and O–H groups in total. The van der Waals surface area contributed by atoms with Crippen LogP contribution in [0, 0.1) is 13.8 Å². The van der Waals surface area contributed by atoms with Gasteiger partial charge in [0.2, 0.25) is 5.16 Å². The number of para-hydroxylation sites is 1. The Hall–Kier alpha value is -2.38. The summed E-state index contributed by atoms with van der Waals surface area (Å²) in [6.45, 7) is 7.87. The number of aliphatic hydroxyl groups excluding tert-OH is 1. The number of aliphatic hydroxyl groups is 1. The maximum Gasteiger partial charge on any atom is 0.253 e. The van der Waals surface area contributed by atoms with Gasteiger partial charge >= 0.3 is 0 Å². The van der Waals surface area contributed by atoms with Crippen LogP contribution in [0.1, 0.15) is 17.0 Å². The summed E-state index contributed by atoms with van der Waals surface area (Å²) in [5, 5.41) is 15.2. The second-order valence-electron chi connectivity index (χ2n) is 6.02. The van der Waals surface area contributed by atoms with Gasteiger partial charge in [-0.1, -0.05) is 36.0 Å². The van der Waals surface area contributed by atoms with Crippen molar-refractivity contribution in [1.29, 1.82) is 0 Å². The summed E-state index contributed by atoms with van der Waals surface area (Å²) in [4.78, 5) is 8.77. The zero-order valence-electron chi connectivity index (χ0n) is 14.9. The van der Waals surface area contributed by atoms with Gasteiger partial charge in [-0.15, -0.1) is 11.7 Å². The third-order valence-corrected chi connectivity index (χ3v) is 4.75. The van der Waals surface area contributed by atoms with Gasteiger partial charge in [-0.2, -0.15) is 4.98 Å². The third kappa shape index (κ3) is 4.42. The average Bonchev–Trinajstić information content (AvgIpc) is 3.03. The highest BCUT2D eigenvalue weighted by Gasteiger charge is 2.12. The number of hydrogen-bond acceptors (Lipinski definition) is 6. The van der Waals surface area contributed by atoms with E-state index < -0.39 is 6.10 Å². The highest BCUT2D eigenvalue weighted by Crippen LogP contribution is 2.20. The Morgan fingerprint density at radius 2 is 2.12 bits per heavy atom. The van der Waals surface area contributed by atoms with Crippen LogP contribution in [0.2, 0.25) is 0 Å². The van der Waals surface area contributed by atoms with E-state index in [0.29, 0.717) is 16.7 Å². The smallest absolute Gasteiger partial charge is 0.253 e. The van der Waals surface area contributed by atoms with E-state index in [4.69, 9.17) is 4.74 Å². The maximum absolute atomic E-state index is 10.2. The summed E-state index contributed by atoms with van der Waals surface area (Å²) in [6.07, 6.45) is 1.94. The van der Waals surface area contributed by atoms with Gasteiger partial charge in [0.05, 0.1) is 6.10 Å². The largest absolute Gasteiger partial charge is 0.491 e. The Bertz CT molecular complexity index is 910. The first kappa shape index (κ1) is 18.4. The first-order valence-electron chi connectivity index (χ1n) is 8.40. The number of rotatable bonds is 8. The standard InChI is InChI=1S/C19H22N4O2S/c1-4-7-15-8-5-6-9-17(15)25-11-16(24)12-26-19-21-18-20-13(2)10-14(3)23(18)22-19/h4-6,8-10,16,24H,1,7,11-12H2,2-3H3. The van der Waals surface area contributed by atoms with Crippen molar-refractivity contribution in [2.75, 3.05) is 12.4 Å². The Morgan fingerprint density at radius 3 is 2.92 bits per heavy atom. The van der Waals surface area contributed by atoms with Crippen LogP contribution in [-0.2, 0) is 6.42 Å². The molecular formula is C19H22N4O2S. The van der Waals surface area contributed by atoms with Crippen LogP contribution in [0.25, 0.3) is 5.78 Å². The van der Waals surface area contributed by atoms with Crippen molar-refractivity contribution < 1.29 is 9.84 Å². The van der Waals surface area contributed by atoms with Gasteiger partial charge in [-0.25, -0.2) is 9.50 Å². The van der Waals surface area contributed by atoms with Crippen LogP contribution >= 0.6 is 11.8 Å². The summed E-state index contributed by atoms with van der Waals surface area (Å²) in [6, 6.07) is 9.74. The van der Waals surface area contributed by atoms with Crippen LogP contribution < -0.4 is 4.74 Å². The van der Waals surface area contributed by atoms with Gasteiger partial charge < -0.3 is 9.84 Å². The zero-order chi connectivity index (χ0) is 18.5. The molecule has 0 aliphatic rings. The summed E-state index contributed by atoms with van der Waals surface area (Å²) in [7, 11) is 0. The van der Waals surface area contributed by atoms with Gasteiger partial charge in [0.15, 0.2) is 0 Å². The van der Waals surface area contributed by atoms with E-state index in [-0.39, 0.29) is 6.61 Å². The fraction of sp³-hybridized carbons (Fsp3) is 0.316. The Morgan fingerprint density at radius 1 is 1.31 bits per heavy atom. The molecule has 1 aromatic carbocycles. The molecule has 6 nitrogen and oxygen atoms in total. The maximum atomic E-state index is 10.2. The molecule has 3 aromatic rings. The normalized spacial score (nSPS) is 12.3. The van der Waals surface area contributed by atoms with Crippen molar-refractivity contribution in [2.45, 2.75) is 31.5 Å². The van der Waals surface area contributed by atoms with Crippen LogP contribution in [0.15, 0.2) is 48.1 Å². The minimum atomic E-state index is -0.626. The van der Waals surface area contributed by atoms with Gasteiger partial charge in [0.25, 0.3) is 5.78 Å². The van der Waals surface area contributed by atoms with Crippen LogP contribution in [-0.4, -0.2) is 43.2 Å². The lowest BCUT2D eigenvalue weighted by Gasteiger charge is -2.13. The summed E-state index contributed by atoms with van der Waals surface area (Å²) >= 11 is 1.39. The molecule has 1 unspecified atom stereocenters. The van der Waals surface area contributed by atoms with Crippen molar-refractivity contribution in [1.82, 2.24) is 19.6 Å². The van der Waals surface area contributed by atoms with Crippen molar-refractivity contribution in [3.8, 4) is 5.75 Å². The summed E-state index contributed by atoms with van der Waals surface area (Å²) < 4.78 is 7.48. The number of nitrogens with zero attached hydrogens (tertiary/aromatic N) is 4. The quantitative estimate of drug-likeness (QED) is 0.485. The van der Waals surface area contributed by atoms with E-state index in [0.717, 1.165) is 29.1 Å². The lowest BCUT2D eigenvalue weighted by Crippen LogP contribution is -2.20. The molecule has 3 rings (SSSR count). The van der Waals surface area contributed by atoms with Crippen molar-refractivity contribution in [2.24, 2.45) is 0 Å². The molecule has 0 spiro atoms.